The van der Waals surface area contributed by atoms with Crippen molar-refractivity contribution in [1.29, 1.82) is 0 Å². The zero-order chi connectivity index (χ0) is 25.5. The van der Waals surface area contributed by atoms with Gasteiger partial charge in [0, 0.05) is 29.1 Å². The zero-order valence-corrected chi connectivity index (χ0v) is 21.2. The van der Waals surface area contributed by atoms with Crippen molar-refractivity contribution in [3.8, 4) is 0 Å². The van der Waals surface area contributed by atoms with Gasteiger partial charge in [-0.25, -0.2) is 9.79 Å². The van der Waals surface area contributed by atoms with E-state index < -0.39 is 0 Å². The fourth-order valence-electron chi connectivity index (χ4n) is 3.87. The van der Waals surface area contributed by atoms with Crippen LogP contribution in [0.2, 0.25) is 0 Å². The van der Waals surface area contributed by atoms with Gasteiger partial charge in [0.05, 0.1) is 24.4 Å². The summed E-state index contributed by atoms with van der Waals surface area (Å²) < 4.78 is 6.98. The van der Waals surface area contributed by atoms with E-state index in [0.29, 0.717) is 35.9 Å². The minimum Gasteiger partial charge on any atom is -0.462 e. The Balaban J connectivity index is 1.87. The zero-order valence-electron chi connectivity index (χ0n) is 21.2. The van der Waals surface area contributed by atoms with E-state index >= 15 is 0 Å². The summed E-state index contributed by atoms with van der Waals surface area (Å²) in [6.07, 6.45) is 0. The number of carbonyl (C=O) groups excluding carboxylic acids is 2. The van der Waals surface area contributed by atoms with Crippen LogP contribution in [0.1, 0.15) is 62.6 Å². The fraction of sp³-hybridized carbons (Fsp3) is 0.333. The Morgan fingerprint density at radius 3 is 2.20 bits per heavy atom. The van der Waals surface area contributed by atoms with Gasteiger partial charge < -0.3 is 10.1 Å². The summed E-state index contributed by atoms with van der Waals surface area (Å²) in [4.78, 5) is 29.7. The largest absolute Gasteiger partial charge is 0.462 e. The molecule has 0 radical (unpaired) electrons. The number of esters is 1. The van der Waals surface area contributed by atoms with E-state index in [1.807, 2.05) is 57.5 Å². The van der Waals surface area contributed by atoms with Crippen molar-refractivity contribution in [2.45, 2.75) is 54.6 Å². The molecule has 2 N–H and O–H groups in total. The molecule has 0 fully saturated rings. The molecule has 35 heavy (non-hydrogen) atoms. The molecule has 0 bridgehead atoms. The van der Waals surface area contributed by atoms with Crippen LogP contribution in [0.25, 0.3) is 0 Å². The van der Waals surface area contributed by atoms with Gasteiger partial charge in [-0.15, -0.1) is 0 Å². The molecule has 8 nitrogen and oxygen atoms in total. The molecule has 184 valence electrons. The van der Waals surface area contributed by atoms with Gasteiger partial charge in [0.1, 0.15) is 0 Å². The molecule has 1 aromatic heterocycles. The first-order valence-electron chi connectivity index (χ1n) is 11.7. The highest BCUT2D eigenvalue weighted by Crippen LogP contribution is 2.16. The van der Waals surface area contributed by atoms with Gasteiger partial charge >= 0.3 is 5.97 Å². The SMILES string of the molecule is CCOC(=O)c1ccc(NC(=NCc2c(C)nn(CC)c2C)NC(=O)c2cc(C)cc(C)c2)cc1. The number of hydrogen-bond donors (Lipinski definition) is 2. The second kappa shape index (κ2) is 11.5. The minimum absolute atomic E-state index is 0.260. The van der Waals surface area contributed by atoms with Crippen LogP contribution in [0.15, 0.2) is 47.5 Å². The Morgan fingerprint density at radius 2 is 1.63 bits per heavy atom. The highest BCUT2D eigenvalue weighted by molar-refractivity contribution is 6.10. The first-order chi connectivity index (χ1) is 16.7. The van der Waals surface area contributed by atoms with Crippen molar-refractivity contribution in [3.05, 3.63) is 81.7 Å². The summed E-state index contributed by atoms with van der Waals surface area (Å²) in [7, 11) is 0. The van der Waals surface area contributed by atoms with Crippen molar-refractivity contribution in [2.75, 3.05) is 11.9 Å². The summed E-state index contributed by atoms with van der Waals surface area (Å²) >= 11 is 0. The van der Waals surface area contributed by atoms with E-state index in [1.165, 1.54) is 0 Å². The molecule has 0 aliphatic rings. The van der Waals surface area contributed by atoms with Crippen LogP contribution < -0.4 is 10.6 Å². The molecule has 3 aromatic rings. The van der Waals surface area contributed by atoms with Gasteiger partial charge in [0.15, 0.2) is 0 Å². The number of ether oxygens (including phenoxy) is 1. The van der Waals surface area contributed by atoms with Crippen LogP contribution in [0.5, 0.6) is 0 Å². The lowest BCUT2D eigenvalue weighted by Crippen LogP contribution is -2.36. The van der Waals surface area contributed by atoms with E-state index in [1.54, 1.807) is 31.2 Å². The highest BCUT2D eigenvalue weighted by Gasteiger charge is 2.14. The predicted octanol–water partition coefficient (Wildman–Crippen LogP) is 4.71. The number of amides is 1. The number of guanidine groups is 1. The molecule has 2 aromatic carbocycles. The standard InChI is InChI=1S/C27H33N5O3/c1-7-32-20(6)24(19(5)31-32)16-28-27(30-25(33)22-14-17(3)13-18(4)15-22)29-23-11-9-21(10-12-23)26(34)35-8-2/h9-15H,7-8,16H2,1-6H3,(H2,28,29,30,33). The summed E-state index contributed by atoms with van der Waals surface area (Å²) in [5.41, 5.74) is 6.68. The topological polar surface area (TPSA) is 97.6 Å². The number of nitrogens with zero attached hydrogens (tertiary/aromatic N) is 3. The summed E-state index contributed by atoms with van der Waals surface area (Å²) in [5, 5.41) is 10.6. The van der Waals surface area contributed by atoms with E-state index in [4.69, 9.17) is 4.74 Å². The summed E-state index contributed by atoms with van der Waals surface area (Å²) in [6.45, 7) is 13.1. The lowest BCUT2D eigenvalue weighted by Gasteiger charge is -2.13. The summed E-state index contributed by atoms with van der Waals surface area (Å²) in [5.74, 6) is -0.333. The number of hydrogen-bond acceptors (Lipinski definition) is 5. The number of aryl methyl sites for hydroxylation is 4. The molecule has 0 saturated carbocycles. The maximum atomic E-state index is 13.1. The quantitative estimate of drug-likeness (QED) is 0.293. The number of anilines is 1. The van der Waals surface area contributed by atoms with Gasteiger partial charge in [-0.1, -0.05) is 17.2 Å². The molecule has 0 saturated heterocycles. The van der Waals surface area contributed by atoms with Crippen molar-refractivity contribution in [1.82, 2.24) is 15.1 Å². The van der Waals surface area contributed by atoms with Crippen molar-refractivity contribution in [2.24, 2.45) is 4.99 Å². The molecule has 1 heterocycles. The van der Waals surface area contributed by atoms with E-state index in [-0.39, 0.29) is 11.9 Å². The number of carbonyl (C=O) groups is 2. The lowest BCUT2D eigenvalue weighted by atomic mass is 10.1. The second-order valence-electron chi connectivity index (χ2n) is 8.38. The Labute approximate surface area is 206 Å². The van der Waals surface area contributed by atoms with Crippen LogP contribution in [-0.4, -0.2) is 34.2 Å². The number of nitrogens with one attached hydrogen (secondary N) is 2. The average Bonchev–Trinajstić information content (AvgIpc) is 3.09. The molecular formula is C27H33N5O3. The van der Waals surface area contributed by atoms with Gasteiger partial charge in [-0.05, 0) is 77.9 Å². The van der Waals surface area contributed by atoms with E-state index in [0.717, 1.165) is 34.6 Å². The third-order valence-electron chi connectivity index (χ3n) is 5.60. The first kappa shape index (κ1) is 25.7. The Morgan fingerprint density at radius 1 is 0.971 bits per heavy atom. The third kappa shape index (κ3) is 6.56. The van der Waals surface area contributed by atoms with Gasteiger partial charge in [0.25, 0.3) is 5.91 Å². The normalized spacial score (nSPS) is 11.3. The molecule has 0 aliphatic carbocycles. The van der Waals surface area contributed by atoms with Crippen LogP contribution in [0.4, 0.5) is 5.69 Å². The van der Waals surface area contributed by atoms with E-state index in [2.05, 4.69) is 20.7 Å². The molecule has 0 spiro atoms. The van der Waals surface area contributed by atoms with Crippen LogP contribution in [-0.2, 0) is 17.8 Å². The molecule has 0 aliphatic heterocycles. The van der Waals surface area contributed by atoms with E-state index in [9.17, 15) is 9.59 Å². The van der Waals surface area contributed by atoms with Gasteiger partial charge in [-0.2, -0.15) is 5.10 Å². The number of aliphatic imine (C=N–C) groups is 1. The summed E-state index contributed by atoms with van der Waals surface area (Å²) in [6, 6.07) is 12.5. The van der Waals surface area contributed by atoms with Crippen LogP contribution >= 0.6 is 0 Å². The first-order valence-corrected chi connectivity index (χ1v) is 11.7. The lowest BCUT2D eigenvalue weighted by molar-refractivity contribution is 0.0526. The fourth-order valence-corrected chi connectivity index (χ4v) is 3.87. The van der Waals surface area contributed by atoms with Crippen molar-refractivity contribution in [3.63, 3.8) is 0 Å². The maximum Gasteiger partial charge on any atom is 0.338 e. The monoisotopic (exact) mass is 475 g/mol. The molecular weight excluding hydrogens is 442 g/mol. The Kier molecular flexibility index (Phi) is 8.41. The highest BCUT2D eigenvalue weighted by atomic mass is 16.5. The maximum absolute atomic E-state index is 13.1. The Bertz CT molecular complexity index is 1220. The molecule has 3 rings (SSSR count). The minimum atomic E-state index is -0.380. The number of benzene rings is 2. The Hall–Kier alpha value is -3.94. The second-order valence-corrected chi connectivity index (χ2v) is 8.38. The molecule has 0 atom stereocenters. The van der Waals surface area contributed by atoms with Gasteiger partial charge in [0.2, 0.25) is 5.96 Å². The third-order valence-corrected chi connectivity index (χ3v) is 5.60. The number of aromatic nitrogens is 2. The van der Waals surface area contributed by atoms with Crippen molar-refractivity contribution >= 4 is 23.5 Å². The van der Waals surface area contributed by atoms with Gasteiger partial charge in [-0.3, -0.25) is 14.8 Å². The average molecular weight is 476 g/mol. The molecule has 0 unspecified atom stereocenters. The smallest absolute Gasteiger partial charge is 0.338 e. The molecule has 1 amide bonds. The molecule has 8 heteroatoms. The van der Waals surface area contributed by atoms with Crippen LogP contribution in [0, 0.1) is 27.7 Å². The predicted molar refractivity (Wildman–Crippen MR) is 138 cm³/mol. The van der Waals surface area contributed by atoms with Crippen LogP contribution in [0.3, 0.4) is 0 Å². The number of rotatable bonds is 7. The van der Waals surface area contributed by atoms with Crippen molar-refractivity contribution < 1.29 is 14.3 Å².